The van der Waals surface area contributed by atoms with E-state index in [1.54, 1.807) is 12.1 Å². The van der Waals surface area contributed by atoms with E-state index in [1.807, 2.05) is 0 Å². The van der Waals surface area contributed by atoms with Crippen LogP contribution in [0.4, 0.5) is 0 Å². The van der Waals surface area contributed by atoms with Gasteiger partial charge in [-0.15, -0.1) is 0 Å². The Hall–Kier alpha value is -1.04. The van der Waals surface area contributed by atoms with Gasteiger partial charge in [0.2, 0.25) is 5.75 Å². The van der Waals surface area contributed by atoms with Crippen molar-refractivity contribution < 1.29 is 19.0 Å². The minimum Gasteiger partial charge on any atom is -0.493 e. The first-order valence-electron chi connectivity index (χ1n) is 5.47. The Balaban J connectivity index is 2.94. The number of halogens is 3. The molecule has 0 atom stereocenters. The normalized spacial score (nSPS) is 10.9. The molecule has 0 aliphatic carbocycles. The van der Waals surface area contributed by atoms with Crippen LogP contribution in [0.15, 0.2) is 12.1 Å². The molecule has 0 bridgehead atoms. The number of rotatable bonds is 5. The van der Waals surface area contributed by atoms with Crippen LogP contribution in [-0.4, -0.2) is 31.0 Å². The van der Waals surface area contributed by atoms with Gasteiger partial charge in [-0.2, -0.15) is 0 Å². The Labute approximate surface area is 132 Å². The monoisotopic (exact) mass is 341 g/mol. The molecule has 0 spiro atoms. The number of hydrogen-bond donors (Lipinski definition) is 1. The molecule has 0 aromatic heterocycles. The first-order chi connectivity index (χ1) is 9.33. The topological polar surface area (TPSA) is 56.8 Å². The maximum Gasteiger partial charge on any atom is 0.272 e. The molecule has 0 aliphatic heterocycles. The van der Waals surface area contributed by atoms with Gasteiger partial charge in [0.05, 0.1) is 21.3 Å². The predicted octanol–water partition coefficient (Wildman–Crippen LogP) is 2.70. The summed E-state index contributed by atoms with van der Waals surface area (Å²) in [4.78, 5) is 11.5. The van der Waals surface area contributed by atoms with E-state index >= 15 is 0 Å². The number of carbonyl (C=O) groups is 1. The molecule has 1 N–H and O–H groups in total. The highest BCUT2D eigenvalue weighted by Gasteiger charge is 2.30. The fourth-order valence-corrected chi connectivity index (χ4v) is 1.72. The van der Waals surface area contributed by atoms with Crippen LogP contribution in [0.1, 0.15) is 5.56 Å². The Kier molecular flexibility index (Phi) is 6.05. The molecule has 0 saturated carbocycles. The molecule has 1 aromatic rings. The second-order valence-electron chi connectivity index (χ2n) is 3.71. The lowest BCUT2D eigenvalue weighted by atomic mass is 10.2. The third-order valence-corrected chi connectivity index (χ3v) is 2.95. The van der Waals surface area contributed by atoms with Crippen molar-refractivity contribution >= 4 is 40.7 Å². The first-order valence-corrected chi connectivity index (χ1v) is 6.60. The number of nitrogens with one attached hydrogen (secondary N) is 1. The van der Waals surface area contributed by atoms with Gasteiger partial charge in [-0.25, -0.2) is 0 Å². The van der Waals surface area contributed by atoms with Crippen LogP contribution >= 0.6 is 34.8 Å². The third-order valence-electron chi connectivity index (χ3n) is 2.44. The zero-order valence-electron chi connectivity index (χ0n) is 11.1. The molecule has 0 fully saturated rings. The fraction of sp³-hybridized carbons (Fsp3) is 0.417. The van der Waals surface area contributed by atoms with Crippen molar-refractivity contribution in [2.75, 3.05) is 21.3 Å². The van der Waals surface area contributed by atoms with Crippen LogP contribution in [0, 0.1) is 0 Å². The summed E-state index contributed by atoms with van der Waals surface area (Å²) in [6.07, 6.45) is 0. The van der Waals surface area contributed by atoms with Gasteiger partial charge in [0.25, 0.3) is 9.70 Å². The number of ether oxygens (including phenoxy) is 3. The minimum atomic E-state index is -2.00. The minimum absolute atomic E-state index is 0.156. The summed E-state index contributed by atoms with van der Waals surface area (Å²) in [7, 11) is 4.51. The van der Waals surface area contributed by atoms with E-state index in [-0.39, 0.29) is 6.54 Å². The predicted molar refractivity (Wildman–Crippen MR) is 78.2 cm³/mol. The van der Waals surface area contributed by atoms with Crippen LogP contribution in [-0.2, 0) is 11.3 Å². The number of hydrogen-bond acceptors (Lipinski definition) is 4. The standard InChI is InChI=1S/C12H14Cl3NO4/c1-18-8-4-7(5-9(19-2)10(8)20-3)6-16-11(17)12(13,14)15/h4-5H,6H2,1-3H3,(H,16,17). The highest BCUT2D eigenvalue weighted by molar-refractivity contribution is 6.76. The summed E-state index contributed by atoms with van der Waals surface area (Å²) >= 11 is 16.4. The molecule has 0 radical (unpaired) electrons. The number of carbonyl (C=O) groups excluding carboxylic acids is 1. The van der Waals surface area contributed by atoms with Gasteiger partial charge in [0, 0.05) is 6.54 Å². The van der Waals surface area contributed by atoms with Crippen LogP contribution in [0.25, 0.3) is 0 Å². The Morgan fingerprint density at radius 3 is 1.95 bits per heavy atom. The van der Waals surface area contributed by atoms with E-state index in [0.29, 0.717) is 22.8 Å². The molecule has 112 valence electrons. The van der Waals surface area contributed by atoms with Crippen molar-refractivity contribution in [3.63, 3.8) is 0 Å². The summed E-state index contributed by atoms with van der Waals surface area (Å²) < 4.78 is 13.6. The highest BCUT2D eigenvalue weighted by atomic mass is 35.6. The highest BCUT2D eigenvalue weighted by Crippen LogP contribution is 2.38. The molecule has 0 heterocycles. The molecule has 1 amide bonds. The molecule has 8 heteroatoms. The van der Waals surface area contributed by atoms with Crippen molar-refractivity contribution in [1.82, 2.24) is 5.32 Å². The second-order valence-corrected chi connectivity index (χ2v) is 6.00. The van der Waals surface area contributed by atoms with E-state index in [9.17, 15) is 4.79 Å². The lowest BCUT2D eigenvalue weighted by Crippen LogP contribution is -2.34. The molecule has 1 rings (SSSR count). The summed E-state index contributed by atoms with van der Waals surface area (Å²) in [5.41, 5.74) is 0.710. The van der Waals surface area contributed by atoms with E-state index in [1.165, 1.54) is 21.3 Å². The largest absolute Gasteiger partial charge is 0.493 e. The summed E-state index contributed by atoms with van der Waals surface area (Å²) in [5, 5.41) is 2.49. The van der Waals surface area contributed by atoms with E-state index in [2.05, 4.69) is 5.32 Å². The Morgan fingerprint density at radius 1 is 1.10 bits per heavy atom. The zero-order chi connectivity index (χ0) is 15.3. The van der Waals surface area contributed by atoms with E-state index in [4.69, 9.17) is 49.0 Å². The number of amides is 1. The number of benzene rings is 1. The van der Waals surface area contributed by atoms with Crippen molar-refractivity contribution in [3.05, 3.63) is 17.7 Å². The van der Waals surface area contributed by atoms with Crippen LogP contribution in [0.5, 0.6) is 17.2 Å². The molecule has 5 nitrogen and oxygen atoms in total. The van der Waals surface area contributed by atoms with Crippen molar-refractivity contribution in [3.8, 4) is 17.2 Å². The zero-order valence-corrected chi connectivity index (χ0v) is 13.4. The third kappa shape index (κ3) is 4.23. The van der Waals surface area contributed by atoms with Gasteiger partial charge < -0.3 is 19.5 Å². The van der Waals surface area contributed by atoms with Crippen molar-refractivity contribution in [2.45, 2.75) is 10.3 Å². The summed E-state index contributed by atoms with van der Waals surface area (Å²) in [6, 6.07) is 3.39. The smallest absolute Gasteiger partial charge is 0.272 e. The van der Waals surface area contributed by atoms with Crippen LogP contribution in [0.2, 0.25) is 0 Å². The lowest BCUT2D eigenvalue weighted by Gasteiger charge is -2.15. The maximum atomic E-state index is 11.5. The Bertz CT molecular complexity index is 463. The molecule has 0 unspecified atom stereocenters. The van der Waals surface area contributed by atoms with Gasteiger partial charge in [0.1, 0.15) is 0 Å². The van der Waals surface area contributed by atoms with Gasteiger partial charge in [0.15, 0.2) is 11.5 Å². The van der Waals surface area contributed by atoms with Gasteiger partial charge in [-0.05, 0) is 17.7 Å². The van der Waals surface area contributed by atoms with E-state index in [0.717, 1.165) is 0 Å². The van der Waals surface area contributed by atoms with Crippen LogP contribution in [0.3, 0.4) is 0 Å². The van der Waals surface area contributed by atoms with Crippen molar-refractivity contribution in [1.29, 1.82) is 0 Å². The molecule has 0 aliphatic rings. The second kappa shape index (κ2) is 7.11. The lowest BCUT2D eigenvalue weighted by molar-refractivity contribution is -0.120. The van der Waals surface area contributed by atoms with Gasteiger partial charge in [-0.3, -0.25) is 4.79 Å². The van der Waals surface area contributed by atoms with Crippen LogP contribution < -0.4 is 19.5 Å². The van der Waals surface area contributed by atoms with Crippen molar-refractivity contribution in [2.24, 2.45) is 0 Å². The molecule has 20 heavy (non-hydrogen) atoms. The summed E-state index contributed by atoms with van der Waals surface area (Å²) in [5.74, 6) is 0.706. The average Bonchev–Trinajstić information content (AvgIpc) is 2.42. The average molecular weight is 343 g/mol. The van der Waals surface area contributed by atoms with E-state index < -0.39 is 9.70 Å². The quantitative estimate of drug-likeness (QED) is 0.836. The van der Waals surface area contributed by atoms with Gasteiger partial charge >= 0.3 is 0 Å². The fourth-order valence-electron chi connectivity index (χ4n) is 1.52. The maximum absolute atomic E-state index is 11.5. The molecule has 1 aromatic carbocycles. The summed E-state index contributed by atoms with van der Waals surface area (Å²) in [6.45, 7) is 0.156. The first kappa shape index (κ1) is 17.0. The number of alkyl halides is 3. The SMILES string of the molecule is COc1cc(CNC(=O)C(Cl)(Cl)Cl)cc(OC)c1OC. The van der Waals surface area contributed by atoms with Gasteiger partial charge in [-0.1, -0.05) is 34.8 Å². The number of methoxy groups -OCH3 is 3. The molecule has 0 saturated heterocycles. The molecular weight excluding hydrogens is 328 g/mol. The molecular formula is C12H14Cl3NO4. The Morgan fingerprint density at radius 2 is 1.60 bits per heavy atom.